The lowest BCUT2D eigenvalue weighted by Crippen LogP contribution is -2.25. The Morgan fingerprint density at radius 1 is 1.03 bits per heavy atom. The largest absolute Gasteiger partial charge is 0.496 e. The summed E-state index contributed by atoms with van der Waals surface area (Å²) in [4.78, 5) is 12.6. The van der Waals surface area contributed by atoms with Crippen molar-refractivity contribution >= 4 is 23.3 Å². The number of rotatable bonds is 5. The summed E-state index contributed by atoms with van der Waals surface area (Å²) < 4.78 is 18.1. The van der Waals surface area contributed by atoms with Gasteiger partial charge in [-0.25, -0.2) is 4.68 Å². The number of nitrogens with one attached hydrogen (secondary N) is 1. The van der Waals surface area contributed by atoms with Crippen LogP contribution >= 0.6 is 11.6 Å². The Kier molecular flexibility index (Phi) is 5.30. The number of aryl methyl sites for hydroxylation is 1. The minimum atomic E-state index is -0.252. The highest BCUT2D eigenvalue weighted by molar-refractivity contribution is 6.31. The van der Waals surface area contributed by atoms with Gasteiger partial charge in [-0.15, -0.1) is 0 Å². The molecule has 0 saturated carbocycles. The first-order valence-electron chi connectivity index (χ1n) is 9.41. The second kappa shape index (κ2) is 7.91. The maximum atomic E-state index is 12.6. The summed E-state index contributed by atoms with van der Waals surface area (Å²) in [6.07, 6.45) is 2.03. The van der Waals surface area contributed by atoms with E-state index in [1.807, 2.05) is 31.2 Å². The Balaban J connectivity index is 1.85. The van der Waals surface area contributed by atoms with Crippen LogP contribution in [0.25, 0.3) is 5.69 Å². The maximum absolute atomic E-state index is 12.6. The van der Waals surface area contributed by atoms with Gasteiger partial charge in [0, 0.05) is 34.6 Å². The molecule has 0 saturated heterocycles. The molecule has 1 aliphatic heterocycles. The molecule has 1 unspecified atom stereocenters. The van der Waals surface area contributed by atoms with Gasteiger partial charge in [0.25, 0.3) is 0 Å². The SMILES string of the molecule is COc1cc(OC)c(C2CC(=O)Nc3c2cnn3-c2ccc(C)c(Cl)c2)cc1OC. The van der Waals surface area contributed by atoms with Crippen molar-refractivity contribution in [3.63, 3.8) is 0 Å². The van der Waals surface area contributed by atoms with E-state index in [9.17, 15) is 4.79 Å². The molecule has 1 aromatic heterocycles. The van der Waals surface area contributed by atoms with Crippen molar-refractivity contribution in [3.8, 4) is 22.9 Å². The average molecular weight is 428 g/mol. The number of halogens is 1. The van der Waals surface area contributed by atoms with Crippen molar-refractivity contribution < 1.29 is 19.0 Å². The third-order valence-corrected chi connectivity index (χ3v) is 5.74. The minimum absolute atomic E-state index is 0.107. The molecule has 0 radical (unpaired) electrons. The maximum Gasteiger partial charge on any atom is 0.226 e. The van der Waals surface area contributed by atoms with E-state index in [2.05, 4.69) is 10.4 Å². The molecule has 3 aromatic rings. The van der Waals surface area contributed by atoms with E-state index in [0.717, 1.165) is 22.4 Å². The fraction of sp³-hybridized carbons (Fsp3) is 0.273. The summed E-state index contributed by atoms with van der Waals surface area (Å²) in [5.41, 5.74) is 3.45. The number of carbonyl (C=O) groups is 1. The molecule has 2 aromatic carbocycles. The highest BCUT2D eigenvalue weighted by Gasteiger charge is 2.33. The van der Waals surface area contributed by atoms with Crippen molar-refractivity contribution in [2.24, 2.45) is 0 Å². The van der Waals surface area contributed by atoms with Gasteiger partial charge in [0.1, 0.15) is 11.6 Å². The molecule has 0 aliphatic carbocycles. The second-order valence-corrected chi connectivity index (χ2v) is 7.46. The number of aromatic nitrogens is 2. The molecule has 0 bridgehead atoms. The van der Waals surface area contributed by atoms with Crippen LogP contribution in [0.5, 0.6) is 17.2 Å². The smallest absolute Gasteiger partial charge is 0.226 e. The molecule has 2 heterocycles. The van der Waals surface area contributed by atoms with Crippen LogP contribution in [0.15, 0.2) is 36.5 Å². The van der Waals surface area contributed by atoms with E-state index in [4.69, 9.17) is 25.8 Å². The van der Waals surface area contributed by atoms with Crippen molar-refractivity contribution in [1.82, 2.24) is 9.78 Å². The van der Waals surface area contributed by atoms with Gasteiger partial charge >= 0.3 is 0 Å². The van der Waals surface area contributed by atoms with Gasteiger partial charge in [-0.2, -0.15) is 5.10 Å². The number of nitrogens with zero attached hydrogens (tertiary/aromatic N) is 2. The van der Waals surface area contributed by atoms with Gasteiger partial charge in [-0.1, -0.05) is 17.7 Å². The van der Waals surface area contributed by atoms with Crippen LogP contribution in [0.3, 0.4) is 0 Å². The number of fused-ring (bicyclic) bond motifs is 1. The van der Waals surface area contributed by atoms with E-state index in [-0.39, 0.29) is 18.2 Å². The highest BCUT2D eigenvalue weighted by Crippen LogP contribution is 2.45. The van der Waals surface area contributed by atoms with Gasteiger partial charge in [0.05, 0.1) is 33.2 Å². The molecule has 1 amide bonds. The normalized spacial score (nSPS) is 15.4. The lowest BCUT2D eigenvalue weighted by Gasteiger charge is -2.26. The van der Waals surface area contributed by atoms with E-state index >= 15 is 0 Å². The van der Waals surface area contributed by atoms with E-state index in [1.165, 1.54) is 0 Å². The fourth-order valence-electron chi connectivity index (χ4n) is 3.73. The summed E-state index contributed by atoms with van der Waals surface area (Å²) in [6, 6.07) is 9.29. The molecule has 1 aliphatic rings. The van der Waals surface area contributed by atoms with Gasteiger partial charge in [0.15, 0.2) is 11.5 Å². The Morgan fingerprint density at radius 2 is 1.73 bits per heavy atom. The summed E-state index contributed by atoms with van der Waals surface area (Å²) in [7, 11) is 4.73. The Morgan fingerprint density at radius 3 is 2.40 bits per heavy atom. The number of amides is 1. The first-order chi connectivity index (χ1) is 14.5. The Labute approximate surface area is 179 Å². The van der Waals surface area contributed by atoms with Gasteiger partial charge < -0.3 is 19.5 Å². The van der Waals surface area contributed by atoms with Crippen LogP contribution in [0.1, 0.15) is 29.0 Å². The first-order valence-corrected chi connectivity index (χ1v) is 9.78. The standard InChI is InChI=1S/C22H22ClN3O4/c1-12-5-6-13(7-17(12)23)26-22-16(11-24-26)14(9-21(27)25-22)15-8-19(29-3)20(30-4)10-18(15)28-2/h5-8,10-11,14H,9H2,1-4H3,(H,25,27). The topological polar surface area (TPSA) is 74.6 Å². The Bertz CT molecular complexity index is 1130. The van der Waals surface area contributed by atoms with Crippen LogP contribution < -0.4 is 19.5 Å². The summed E-state index contributed by atoms with van der Waals surface area (Å²) >= 11 is 6.30. The quantitative estimate of drug-likeness (QED) is 0.655. The van der Waals surface area contributed by atoms with E-state index in [0.29, 0.717) is 28.1 Å². The molecule has 0 spiro atoms. The lowest BCUT2D eigenvalue weighted by atomic mass is 9.86. The molecule has 0 fully saturated rings. The first kappa shape index (κ1) is 20.1. The van der Waals surface area contributed by atoms with Crippen LogP contribution in [0.2, 0.25) is 5.02 Å². The summed E-state index contributed by atoms with van der Waals surface area (Å²) in [5, 5.41) is 8.11. The van der Waals surface area contributed by atoms with Gasteiger partial charge in [-0.05, 0) is 30.7 Å². The van der Waals surface area contributed by atoms with Crippen molar-refractivity contribution in [1.29, 1.82) is 0 Å². The molecule has 4 rings (SSSR count). The van der Waals surface area contributed by atoms with E-state index < -0.39 is 0 Å². The number of anilines is 1. The van der Waals surface area contributed by atoms with Crippen molar-refractivity contribution in [2.45, 2.75) is 19.3 Å². The number of carbonyl (C=O) groups excluding carboxylic acids is 1. The molecule has 1 atom stereocenters. The van der Waals surface area contributed by atoms with Crippen LogP contribution in [0.4, 0.5) is 5.82 Å². The third-order valence-electron chi connectivity index (χ3n) is 5.33. The number of methoxy groups -OCH3 is 3. The monoisotopic (exact) mass is 427 g/mol. The number of benzene rings is 2. The zero-order valence-corrected chi connectivity index (χ0v) is 17.9. The second-order valence-electron chi connectivity index (χ2n) is 7.05. The summed E-state index contributed by atoms with van der Waals surface area (Å²) in [6.45, 7) is 1.94. The fourth-order valence-corrected chi connectivity index (χ4v) is 3.91. The molecule has 156 valence electrons. The molecular weight excluding hydrogens is 406 g/mol. The zero-order chi connectivity index (χ0) is 21.4. The van der Waals surface area contributed by atoms with Gasteiger partial charge in [-0.3, -0.25) is 4.79 Å². The van der Waals surface area contributed by atoms with Crippen molar-refractivity contribution in [2.75, 3.05) is 26.6 Å². The zero-order valence-electron chi connectivity index (χ0n) is 17.2. The average Bonchev–Trinajstić information content (AvgIpc) is 3.17. The number of hydrogen-bond donors (Lipinski definition) is 1. The number of ether oxygens (including phenoxy) is 3. The summed E-state index contributed by atoms with van der Waals surface area (Å²) in [5.74, 6) is 2.00. The van der Waals surface area contributed by atoms with Crippen LogP contribution in [0, 0.1) is 6.92 Å². The predicted molar refractivity (Wildman–Crippen MR) is 114 cm³/mol. The van der Waals surface area contributed by atoms with Crippen LogP contribution in [-0.2, 0) is 4.79 Å². The number of hydrogen-bond acceptors (Lipinski definition) is 5. The predicted octanol–water partition coefficient (Wildman–Crippen LogP) is 4.33. The lowest BCUT2D eigenvalue weighted by molar-refractivity contribution is -0.116. The molecule has 7 nitrogen and oxygen atoms in total. The van der Waals surface area contributed by atoms with Crippen LogP contribution in [-0.4, -0.2) is 37.0 Å². The molecular formula is C22H22ClN3O4. The van der Waals surface area contributed by atoms with E-state index in [1.54, 1.807) is 38.3 Å². The molecule has 30 heavy (non-hydrogen) atoms. The highest BCUT2D eigenvalue weighted by atomic mass is 35.5. The molecule has 8 heteroatoms. The minimum Gasteiger partial charge on any atom is -0.496 e. The van der Waals surface area contributed by atoms with Gasteiger partial charge in [0.2, 0.25) is 5.91 Å². The molecule has 1 N–H and O–H groups in total. The third kappa shape index (κ3) is 3.35. The van der Waals surface area contributed by atoms with Crippen molar-refractivity contribution in [3.05, 3.63) is 58.2 Å². The Hall–Kier alpha value is -3.19.